The molecule has 0 spiro atoms. The van der Waals surface area contributed by atoms with Gasteiger partial charge in [0.25, 0.3) is 5.91 Å². The van der Waals surface area contributed by atoms with Gasteiger partial charge in [0.2, 0.25) is 0 Å². The number of aromatic nitrogens is 1. The van der Waals surface area contributed by atoms with Crippen LogP contribution in [0.15, 0.2) is 66.1 Å². The molecule has 1 aromatic heterocycles. The standard InChI is InChI=1S/C24H24N2O4/c1-4-30-16-9-7-8-15(12-16)26-21(18-13-25-19-11-6-5-10-17(18)19)20(22(27)14(2)3)23(28)24(26)29/h5-14,21,25,28H,4H2,1-3H3. The Balaban J connectivity index is 1.92. The van der Waals surface area contributed by atoms with Gasteiger partial charge in [0.1, 0.15) is 5.75 Å². The smallest absolute Gasteiger partial charge is 0.294 e. The molecule has 1 aliphatic rings. The molecular formula is C24H24N2O4. The monoisotopic (exact) mass is 404 g/mol. The number of Topliss-reactive ketones (excluding diaryl/α,β-unsaturated/α-hetero) is 1. The van der Waals surface area contributed by atoms with Crippen molar-refractivity contribution in [3.63, 3.8) is 0 Å². The topological polar surface area (TPSA) is 82.6 Å². The number of hydrogen-bond acceptors (Lipinski definition) is 4. The Morgan fingerprint density at radius 2 is 1.97 bits per heavy atom. The van der Waals surface area contributed by atoms with Gasteiger partial charge in [-0.1, -0.05) is 38.1 Å². The summed E-state index contributed by atoms with van der Waals surface area (Å²) in [4.78, 5) is 30.9. The second kappa shape index (κ2) is 7.71. The average Bonchev–Trinajstić information content (AvgIpc) is 3.27. The summed E-state index contributed by atoms with van der Waals surface area (Å²) < 4.78 is 5.59. The predicted molar refractivity (Wildman–Crippen MR) is 116 cm³/mol. The summed E-state index contributed by atoms with van der Waals surface area (Å²) in [5, 5.41) is 11.6. The van der Waals surface area contributed by atoms with E-state index < -0.39 is 17.7 Å². The number of carbonyl (C=O) groups excluding carboxylic acids is 2. The van der Waals surface area contributed by atoms with E-state index in [1.54, 1.807) is 38.2 Å². The van der Waals surface area contributed by atoms with E-state index in [1.807, 2.05) is 37.3 Å². The van der Waals surface area contributed by atoms with Crippen molar-refractivity contribution < 1.29 is 19.4 Å². The maximum absolute atomic E-state index is 13.2. The molecule has 0 bridgehead atoms. The molecule has 1 atom stereocenters. The Morgan fingerprint density at radius 3 is 2.70 bits per heavy atom. The first-order valence-corrected chi connectivity index (χ1v) is 10.0. The number of benzene rings is 2. The third-order valence-electron chi connectivity index (χ3n) is 5.32. The second-order valence-corrected chi connectivity index (χ2v) is 7.58. The van der Waals surface area contributed by atoms with Gasteiger partial charge in [-0.05, 0) is 25.1 Å². The Bertz CT molecular complexity index is 1160. The van der Waals surface area contributed by atoms with Crippen molar-refractivity contribution in [3.8, 4) is 5.75 Å². The van der Waals surface area contributed by atoms with E-state index in [0.29, 0.717) is 18.0 Å². The lowest BCUT2D eigenvalue weighted by Gasteiger charge is -2.27. The fraction of sp³-hybridized carbons (Fsp3) is 0.250. The zero-order valence-electron chi connectivity index (χ0n) is 17.2. The summed E-state index contributed by atoms with van der Waals surface area (Å²) in [5.74, 6) is -1.09. The van der Waals surface area contributed by atoms with Crippen molar-refractivity contribution in [3.05, 3.63) is 71.6 Å². The van der Waals surface area contributed by atoms with Gasteiger partial charge in [0, 0.05) is 40.3 Å². The van der Waals surface area contributed by atoms with E-state index in [2.05, 4.69) is 4.98 Å². The fourth-order valence-corrected chi connectivity index (χ4v) is 3.94. The van der Waals surface area contributed by atoms with Crippen LogP contribution in [0.4, 0.5) is 5.69 Å². The Morgan fingerprint density at radius 1 is 1.20 bits per heavy atom. The number of H-pyrrole nitrogens is 1. The van der Waals surface area contributed by atoms with E-state index in [0.717, 1.165) is 16.5 Å². The molecule has 3 aromatic rings. The third kappa shape index (κ3) is 3.14. The van der Waals surface area contributed by atoms with Crippen molar-refractivity contribution in [1.29, 1.82) is 0 Å². The molecule has 1 unspecified atom stereocenters. The van der Waals surface area contributed by atoms with Crippen molar-refractivity contribution in [2.45, 2.75) is 26.8 Å². The number of fused-ring (bicyclic) bond motifs is 1. The molecule has 2 aromatic carbocycles. The number of nitrogens with zero attached hydrogens (tertiary/aromatic N) is 1. The molecule has 154 valence electrons. The quantitative estimate of drug-likeness (QED) is 0.624. The molecule has 30 heavy (non-hydrogen) atoms. The van der Waals surface area contributed by atoms with Crippen LogP contribution in [-0.2, 0) is 9.59 Å². The van der Waals surface area contributed by atoms with E-state index in [9.17, 15) is 14.7 Å². The Labute approximate surface area is 174 Å². The van der Waals surface area contributed by atoms with Crippen LogP contribution in [-0.4, -0.2) is 28.4 Å². The molecule has 4 rings (SSSR count). The van der Waals surface area contributed by atoms with Crippen LogP contribution in [0.5, 0.6) is 5.75 Å². The van der Waals surface area contributed by atoms with E-state index >= 15 is 0 Å². The van der Waals surface area contributed by atoms with Gasteiger partial charge in [-0.3, -0.25) is 14.5 Å². The third-order valence-corrected chi connectivity index (χ3v) is 5.32. The van der Waals surface area contributed by atoms with Gasteiger partial charge < -0.3 is 14.8 Å². The van der Waals surface area contributed by atoms with Crippen LogP contribution in [0, 0.1) is 5.92 Å². The van der Waals surface area contributed by atoms with E-state index in [-0.39, 0.29) is 17.3 Å². The van der Waals surface area contributed by atoms with Gasteiger partial charge in [-0.15, -0.1) is 0 Å². The maximum Gasteiger partial charge on any atom is 0.294 e. The molecule has 2 heterocycles. The fourth-order valence-electron chi connectivity index (χ4n) is 3.94. The minimum absolute atomic E-state index is 0.126. The molecule has 1 aliphatic heterocycles. The molecule has 0 aliphatic carbocycles. The highest BCUT2D eigenvalue weighted by Gasteiger charge is 2.45. The van der Waals surface area contributed by atoms with Crippen molar-refractivity contribution in [1.82, 2.24) is 4.98 Å². The lowest BCUT2D eigenvalue weighted by Crippen LogP contribution is -2.31. The largest absolute Gasteiger partial charge is 0.503 e. The molecule has 6 heteroatoms. The first-order chi connectivity index (χ1) is 14.4. The summed E-state index contributed by atoms with van der Waals surface area (Å²) in [6.45, 7) is 5.90. The SMILES string of the molecule is CCOc1cccc(N2C(=O)C(O)=C(C(=O)C(C)C)C2c2c[nH]c3ccccc23)c1. The summed E-state index contributed by atoms with van der Waals surface area (Å²) in [5.41, 5.74) is 2.33. The number of nitrogens with one attached hydrogen (secondary N) is 1. The van der Waals surface area contributed by atoms with Gasteiger partial charge in [-0.2, -0.15) is 0 Å². The Hall–Kier alpha value is -3.54. The minimum atomic E-state index is -0.736. The number of anilines is 1. The normalized spacial score (nSPS) is 16.7. The Kier molecular flexibility index (Phi) is 5.08. The van der Waals surface area contributed by atoms with E-state index in [4.69, 9.17) is 4.74 Å². The minimum Gasteiger partial charge on any atom is -0.503 e. The predicted octanol–water partition coefficient (Wildman–Crippen LogP) is 4.69. The van der Waals surface area contributed by atoms with Crippen LogP contribution in [0.2, 0.25) is 0 Å². The first-order valence-electron chi connectivity index (χ1n) is 10.0. The number of aromatic amines is 1. The highest BCUT2D eigenvalue weighted by molar-refractivity contribution is 6.17. The summed E-state index contributed by atoms with van der Waals surface area (Å²) in [7, 11) is 0. The molecule has 0 saturated carbocycles. The number of ketones is 1. The molecule has 0 radical (unpaired) electrons. The number of carbonyl (C=O) groups is 2. The number of amides is 1. The number of aliphatic hydroxyl groups excluding tert-OH is 1. The van der Waals surface area contributed by atoms with Gasteiger partial charge in [0.05, 0.1) is 18.2 Å². The number of hydrogen-bond donors (Lipinski definition) is 2. The zero-order chi connectivity index (χ0) is 21.4. The summed E-state index contributed by atoms with van der Waals surface area (Å²) >= 11 is 0. The second-order valence-electron chi connectivity index (χ2n) is 7.58. The van der Waals surface area contributed by atoms with Crippen LogP contribution >= 0.6 is 0 Å². The molecule has 6 nitrogen and oxygen atoms in total. The molecule has 2 N–H and O–H groups in total. The molecule has 1 amide bonds. The average molecular weight is 404 g/mol. The highest BCUT2D eigenvalue weighted by atomic mass is 16.5. The number of aliphatic hydroxyl groups is 1. The summed E-state index contributed by atoms with van der Waals surface area (Å²) in [6.07, 6.45) is 1.80. The maximum atomic E-state index is 13.2. The van der Waals surface area contributed by atoms with E-state index in [1.165, 1.54) is 4.90 Å². The van der Waals surface area contributed by atoms with Gasteiger partial charge in [0.15, 0.2) is 11.5 Å². The van der Waals surface area contributed by atoms with Crippen LogP contribution in [0.1, 0.15) is 32.4 Å². The zero-order valence-corrected chi connectivity index (χ0v) is 17.2. The van der Waals surface area contributed by atoms with Crippen LogP contribution in [0.3, 0.4) is 0 Å². The summed E-state index contributed by atoms with van der Waals surface area (Å²) in [6, 6.07) is 14.1. The molecule has 0 saturated heterocycles. The first kappa shape index (κ1) is 19.8. The lowest BCUT2D eigenvalue weighted by molar-refractivity contribution is -0.119. The van der Waals surface area contributed by atoms with Crippen LogP contribution in [0.25, 0.3) is 10.9 Å². The van der Waals surface area contributed by atoms with Gasteiger partial charge >= 0.3 is 0 Å². The molecule has 0 fully saturated rings. The van der Waals surface area contributed by atoms with Crippen molar-refractivity contribution in [2.75, 3.05) is 11.5 Å². The molecular weight excluding hydrogens is 380 g/mol. The van der Waals surface area contributed by atoms with Crippen LogP contribution < -0.4 is 9.64 Å². The van der Waals surface area contributed by atoms with Gasteiger partial charge in [-0.25, -0.2) is 0 Å². The number of ether oxygens (including phenoxy) is 1. The van der Waals surface area contributed by atoms with Crippen molar-refractivity contribution in [2.24, 2.45) is 5.92 Å². The lowest BCUT2D eigenvalue weighted by atomic mass is 9.91. The number of rotatable bonds is 6. The highest BCUT2D eigenvalue weighted by Crippen LogP contribution is 2.44. The number of para-hydroxylation sites is 1. The van der Waals surface area contributed by atoms with Crippen molar-refractivity contribution >= 4 is 28.3 Å².